The van der Waals surface area contributed by atoms with Crippen LogP contribution in [0.3, 0.4) is 0 Å². The van der Waals surface area contributed by atoms with Crippen LogP contribution in [0.25, 0.3) is 10.8 Å². The van der Waals surface area contributed by atoms with Gasteiger partial charge in [0.05, 0.1) is 11.6 Å². The van der Waals surface area contributed by atoms with Gasteiger partial charge in [0.2, 0.25) is 0 Å². The van der Waals surface area contributed by atoms with Crippen molar-refractivity contribution < 1.29 is 19.4 Å². The predicted molar refractivity (Wildman–Crippen MR) is 102 cm³/mol. The number of phenolic OH excluding ortho intramolecular Hbond substituents is 1. The highest BCUT2D eigenvalue weighted by Crippen LogP contribution is 2.28. The first kappa shape index (κ1) is 19.8. The summed E-state index contributed by atoms with van der Waals surface area (Å²) in [6, 6.07) is 10.5. The zero-order valence-corrected chi connectivity index (χ0v) is 15.5. The van der Waals surface area contributed by atoms with Crippen molar-refractivity contribution in [1.82, 2.24) is 5.32 Å². The molecule has 2 aromatic rings. The minimum Gasteiger partial charge on any atom is -0.506 e. The zero-order chi connectivity index (χ0) is 18.9. The molecule has 2 rings (SSSR count). The highest BCUT2D eigenvalue weighted by Gasteiger charge is 2.18. The Bertz CT molecular complexity index is 757. The van der Waals surface area contributed by atoms with Crippen molar-refractivity contribution in [3.8, 4) is 5.75 Å². The number of aromatic hydroxyl groups is 1. The number of rotatable bonds is 9. The van der Waals surface area contributed by atoms with Crippen LogP contribution in [0.1, 0.15) is 56.3 Å². The van der Waals surface area contributed by atoms with Crippen LogP contribution in [0.4, 0.5) is 0 Å². The summed E-state index contributed by atoms with van der Waals surface area (Å²) in [4.78, 5) is 24.2. The first-order chi connectivity index (χ1) is 12.6. The lowest BCUT2D eigenvalue weighted by molar-refractivity contribution is -0.144. The number of nitrogens with one attached hydrogen (secondary N) is 1. The van der Waals surface area contributed by atoms with Gasteiger partial charge in [-0.2, -0.15) is 0 Å². The molecule has 26 heavy (non-hydrogen) atoms. The number of unbranched alkanes of at least 4 members (excludes halogenated alkanes) is 2. The fraction of sp³-hybridized carbons (Fsp3) is 0.429. The third-order valence-corrected chi connectivity index (χ3v) is 4.40. The molecule has 140 valence electrons. The zero-order valence-electron chi connectivity index (χ0n) is 15.5. The van der Waals surface area contributed by atoms with E-state index in [2.05, 4.69) is 12.2 Å². The van der Waals surface area contributed by atoms with E-state index in [1.165, 1.54) is 0 Å². The number of ether oxygens (including phenoxy) is 1. The lowest BCUT2D eigenvalue weighted by Gasteiger charge is -2.18. The molecule has 0 fully saturated rings. The second-order valence-corrected chi connectivity index (χ2v) is 6.40. The number of phenols is 1. The predicted octanol–water partition coefficient (Wildman–Crippen LogP) is 4.18. The summed E-state index contributed by atoms with van der Waals surface area (Å²) < 4.78 is 5.26. The Labute approximate surface area is 154 Å². The monoisotopic (exact) mass is 357 g/mol. The number of benzene rings is 2. The molecule has 0 aromatic heterocycles. The Morgan fingerprint density at radius 3 is 2.62 bits per heavy atom. The van der Waals surface area contributed by atoms with Crippen molar-refractivity contribution in [2.24, 2.45) is 0 Å². The van der Waals surface area contributed by atoms with Crippen LogP contribution in [-0.4, -0.2) is 29.6 Å². The molecular formula is C21H27NO4. The van der Waals surface area contributed by atoms with Crippen molar-refractivity contribution in [1.29, 1.82) is 0 Å². The molecule has 0 aliphatic rings. The molecule has 2 N–H and O–H groups in total. The molecule has 1 amide bonds. The first-order valence-electron chi connectivity index (χ1n) is 9.24. The number of hydrogen-bond donors (Lipinski definition) is 2. The Kier molecular flexibility index (Phi) is 7.45. The molecule has 1 atom stereocenters. The Hall–Kier alpha value is -2.56. The number of carbonyl (C=O) groups is 2. The summed E-state index contributed by atoms with van der Waals surface area (Å²) in [7, 11) is 0. The summed E-state index contributed by atoms with van der Waals surface area (Å²) in [5.41, 5.74) is 0.219. The number of amides is 1. The minimum atomic E-state index is -0.373. The smallest absolute Gasteiger partial charge is 0.305 e. The van der Waals surface area contributed by atoms with E-state index >= 15 is 0 Å². The summed E-state index contributed by atoms with van der Waals surface area (Å²) in [6.07, 6.45) is 3.91. The lowest BCUT2D eigenvalue weighted by Crippen LogP contribution is -2.38. The van der Waals surface area contributed by atoms with Gasteiger partial charge in [0, 0.05) is 11.8 Å². The molecule has 0 aliphatic carbocycles. The molecule has 0 saturated heterocycles. The standard InChI is InChI=1S/C21H27NO4/c1-3-5-6-11-19(23)26-14-16(4-2)22-21(25)18-13-12-15-9-7-8-10-17(15)20(18)24/h7-10,12-13,16,24H,3-6,11,14H2,1-2H3,(H,22,25). The maximum Gasteiger partial charge on any atom is 0.305 e. The maximum atomic E-state index is 12.5. The van der Waals surface area contributed by atoms with E-state index in [1.54, 1.807) is 18.2 Å². The van der Waals surface area contributed by atoms with Gasteiger partial charge in [-0.25, -0.2) is 0 Å². The highest BCUT2D eigenvalue weighted by molar-refractivity contribution is 6.03. The fourth-order valence-electron chi connectivity index (χ4n) is 2.75. The van der Waals surface area contributed by atoms with Gasteiger partial charge in [0.1, 0.15) is 12.4 Å². The van der Waals surface area contributed by atoms with E-state index in [1.807, 2.05) is 25.1 Å². The molecule has 2 aromatic carbocycles. The van der Waals surface area contributed by atoms with Gasteiger partial charge in [-0.15, -0.1) is 0 Å². The second-order valence-electron chi connectivity index (χ2n) is 6.40. The highest BCUT2D eigenvalue weighted by atomic mass is 16.5. The summed E-state index contributed by atoms with van der Waals surface area (Å²) >= 11 is 0. The quantitative estimate of drug-likeness (QED) is 0.521. The molecule has 0 radical (unpaired) electrons. The third kappa shape index (κ3) is 5.22. The average Bonchev–Trinajstić information content (AvgIpc) is 2.65. The van der Waals surface area contributed by atoms with Crippen molar-refractivity contribution in [3.05, 3.63) is 42.0 Å². The average molecular weight is 357 g/mol. The van der Waals surface area contributed by atoms with Gasteiger partial charge in [0.15, 0.2) is 0 Å². The minimum absolute atomic E-state index is 0.0352. The van der Waals surface area contributed by atoms with Crippen LogP contribution >= 0.6 is 0 Å². The van der Waals surface area contributed by atoms with Crippen molar-refractivity contribution >= 4 is 22.6 Å². The van der Waals surface area contributed by atoms with Crippen molar-refractivity contribution in [2.75, 3.05) is 6.61 Å². The van der Waals surface area contributed by atoms with Crippen molar-refractivity contribution in [3.63, 3.8) is 0 Å². The molecule has 0 spiro atoms. The second kappa shape index (κ2) is 9.80. The van der Waals surface area contributed by atoms with Gasteiger partial charge >= 0.3 is 5.97 Å². The number of esters is 1. The number of hydrogen-bond acceptors (Lipinski definition) is 4. The van der Waals surface area contributed by atoms with Gasteiger partial charge < -0.3 is 15.2 Å². The largest absolute Gasteiger partial charge is 0.506 e. The van der Waals surface area contributed by atoms with Crippen LogP contribution in [0.2, 0.25) is 0 Å². The van der Waals surface area contributed by atoms with Gasteiger partial charge in [0.25, 0.3) is 5.91 Å². The Balaban J connectivity index is 1.96. The van der Waals surface area contributed by atoms with Crippen LogP contribution in [0.15, 0.2) is 36.4 Å². The summed E-state index contributed by atoms with van der Waals surface area (Å²) in [5, 5.41) is 14.7. The molecule has 5 heteroatoms. The van der Waals surface area contributed by atoms with Crippen LogP contribution in [-0.2, 0) is 9.53 Å². The normalized spacial score (nSPS) is 11.9. The van der Waals surface area contributed by atoms with E-state index in [0.29, 0.717) is 18.2 Å². The molecule has 0 saturated carbocycles. The molecular weight excluding hydrogens is 330 g/mol. The van der Waals surface area contributed by atoms with E-state index in [9.17, 15) is 14.7 Å². The van der Waals surface area contributed by atoms with Crippen LogP contribution in [0, 0.1) is 0 Å². The summed E-state index contributed by atoms with van der Waals surface area (Å²) in [5.74, 6) is -0.645. The van der Waals surface area contributed by atoms with Gasteiger partial charge in [-0.3, -0.25) is 9.59 Å². The summed E-state index contributed by atoms with van der Waals surface area (Å²) in [6.45, 7) is 4.13. The number of fused-ring (bicyclic) bond motifs is 1. The maximum absolute atomic E-state index is 12.5. The molecule has 5 nitrogen and oxygen atoms in total. The fourth-order valence-corrected chi connectivity index (χ4v) is 2.75. The first-order valence-corrected chi connectivity index (χ1v) is 9.24. The van der Waals surface area contributed by atoms with E-state index in [0.717, 1.165) is 24.6 Å². The van der Waals surface area contributed by atoms with E-state index in [4.69, 9.17) is 4.74 Å². The van der Waals surface area contributed by atoms with E-state index in [-0.39, 0.29) is 35.8 Å². The Morgan fingerprint density at radius 1 is 1.12 bits per heavy atom. The molecule has 0 heterocycles. The van der Waals surface area contributed by atoms with E-state index < -0.39 is 0 Å². The van der Waals surface area contributed by atoms with Crippen LogP contribution < -0.4 is 5.32 Å². The Morgan fingerprint density at radius 2 is 1.88 bits per heavy atom. The van der Waals surface area contributed by atoms with Gasteiger partial charge in [-0.05, 0) is 24.3 Å². The SMILES string of the molecule is CCCCCC(=O)OCC(CC)NC(=O)c1ccc2ccccc2c1O. The van der Waals surface area contributed by atoms with Crippen molar-refractivity contribution in [2.45, 2.75) is 52.0 Å². The molecule has 0 bridgehead atoms. The number of carbonyl (C=O) groups excluding carboxylic acids is 2. The third-order valence-electron chi connectivity index (χ3n) is 4.40. The lowest BCUT2D eigenvalue weighted by atomic mass is 10.0. The van der Waals surface area contributed by atoms with Crippen LogP contribution in [0.5, 0.6) is 5.75 Å². The topological polar surface area (TPSA) is 75.6 Å². The molecule has 0 aliphatic heterocycles. The van der Waals surface area contributed by atoms with Gasteiger partial charge in [-0.1, -0.05) is 57.0 Å². The molecule has 1 unspecified atom stereocenters.